The van der Waals surface area contributed by atoms with Crippen molar-refractivity contribution in [1.29, 1.82) is 0 Å². The van der Waals surface area contributed by atoms with Gasteiger partial charge in [0.1, 0.15) is 0 Å². The minimum Gasteiger partial charge on any atom is -0.330 e. The van der Waals surface area contributed by atoms with E-state index in [2.05, 4.69) is 65.2 Å². The van der Waals surface area contributed by atoms with Crippen molar-refractivity contribution in [2.45, 2.75) is 32.7 Å². The van der Waals surface area contributed by atoms with Crippen molar-refractivity contribution in [3.63, 3.8) is 0 Å². The van der Waals surface area contributed by atoms with E-state index in [-0.39, 0.29) is 0 Å². The zero-order chi connectivity index (χ0) is 14.5. The second-order valence-corrected chi connectivity index (χ2v) is 6.43. The van der Waals surface area contributed by atoms with Crippen molar-refractivity contribution in [1.82, 2.24) is 9.78 Å². The van der Waals surface area contributed by atoms with Crippen LogP contribution in [0.2, 0.25) is 0 Å². The molecule has 0 saturated carbocycles. The van der Waals surface area contributed by atoms with Gasteiger partial charge in [-0.1, -0.05) is 28.1 Å². The molecule has 0 aliphatic heterocycles. The molecule has 0 amide bonds. The summed E-state index contributed by atoms with van der Waals surface area (Å²) in [6.07, 6.45) is 3.98. The molecule has 3 nitrogen and oxygen atoms in total. The molecule has 0 spiro atoms. The Morgan fingerprint density at radius 2 is 1.85 bits per heavy atom. The van der Waals surface area contributed by atoms with Gasteiger partial charge in [-0.05, 0) is 62.9 Å². The van der Waals surface area contributed by atoms with Crippen LogP contribution in [0, 0.1) is 5.92 Å². The number of nitrogens with two attached hydrogens (primary N) is 1. The molecule has 1 heterocycles. The number of aromatic nitrogens is 2. The summed E-state index contributed by atoms with van der Waals surface area (Å²) in [6.45, 7) is 4.96. The largest absolute Gasteiger partial charge is 0.330 e. The molecule has 0 aliphatic rings. The summed E-state index contributed by atoms with van der Waals surface area (Å²) in [6, 6.07) is 11.0. The van der Waals surface area contributed by atoms with Crippen LogP contribution >= 0.6 is 15.9 Å². The summed E-state index contributed by atoms with van der Waals surface area (Å²) in [5, 5.41) is 4.61. The average Bonchev–Trinajstić information content (AvgIpc) is 2.89. The van der Waals surface area contributed by atoms with E-state index in [1.165, 1.54) is 5.56 Å². The Morgan fingerprint density at radius 3 is 2.40 bits per heavy atom. The van der Waals surface area contributed by atoms with Gasteiger partial charge >= 0.3 is 0 Å². The van der Waals surface area contributed by atoms with Crippen LogP contribution in [0.4, 0.5) is 0 Å². The number of halogens is 1. The first-order valence-electron chi connectivity index (χ1n) is 7.07. The quantitative estimate of drug-likeness (QED) is 0.876. The Hall–Kier alpha value is -1.13. The van der Waals surface area contributed by atoms with Gasteiger partial charge in [0.2, 0.25) is 0 Å². The fraction of sp³-hybridized carbons (Fsp3) is 0.438. The predicted molar refractivity (Wildman–Crippen MR) is 86.7 cm³/mol. The van der Waals surface area contributed by atoms with E-state index in [4.69, 9.17) is 5.73 Å². The van der Waals surface area contributed by atoms with Gasteiger partial charge in [0.15, 0.2) is 0 Å². The summed E-state index contributed by atoms with van der Waals surface area (Å²) in [4.78, 5) is 0. The van der Waals surface area contributed by atoms with E-state index in [1.807, 2.05) is 10.9 Å². The molecule has 0 aliphatic carbocycles. The van der Waals surface area contributed by atoms with Gasteiger partial charge in [0.25, 0.3) is 0 Å². The fourth-order valence-corrected chi connectivity index (χ4v) is 2.53. The van der Waals surface area contributed by atoms with E-state index in [0.717, 1.165) is 23.0 Å². The number of hydrogen-bond acceptors (Lipinski definition) is 2. The molecule has 0 bridgehead atoms. The highest BCUT2D eigenvalue weighted by molar-refractivity contribution is 9.10. The van der Waals surface area contributed by atoms with Crippen molar-refractivity contribution >= 4 is 15.9 Å². The molecule has 1 atom stereocenters. The van der Waals surface area contributed by atoms with Crippen LogP contribution in [0.3, 0.4) is 0 Å². The molecular weight excluding hydrogens is 314 g/mol. The molecular formula is C16H22BrN3. The van der Waals surface area contributed by atoms with Crippen LogP contribution in [0.25, 0.3) is 0 Å². The van der Waals surface area contributed by atoms with Gasteiger partial charge in [-0.15, -0.1) is 0 Å². The Balaban J connectivity index is 1.99. The number of hydrogen-bond donors (Lipinski definition) is 1. The Morgan fingerprint density at radius 1 is 1.15 bits per heavy atom. The lowest BCUT2D eigenvalue weighted by atomic mass is 9.95. The van der Waals surface area contributed by atoms with Crippen molar-refractivity contribution in [2.75, 3.05) is 6.54 Å². The number of rotatable bonds is 6. The van der Waals surface area contributed by atoms with E-state index in [9.17, 15) is 0 Å². The molecule has 0 fully saturated rings. The molecule has 2 N–H and O–H groups in total. The summed E-state index contributed by atoms with van der Waals surface area (Å²) >= 11 is 3.46. The highest BCUT2D eigenvalue weighted by Crippen LogP contribution is 2.16. The molecule has 0 radical (unpaired) electrons. The molecule has 1 unspecified atom stereocenters. The lowest BCUT2D eigenvalue weighted by molar-refractivity contribution is 0.497. The molecule has 2 rings (SSSR count). The molecule has 1 aromatic heterocycles. The van der Waals surface area contributed by atoms with Crippen LogP contribution in [-0.2, 0) is 12.8 Å². The minimum atomic E-state index is 0.409. The van der Waals surface area contributed by atoms with E-state index in [0.29, 0.717) is 18.5 Å². The minimum absolute atomic E-state index is 0.409. The first-order chi connectivity index (χ1) is 9.58. The van der Waals surface area contributed by atoms with Gasteiger partial charge in [0, 0.05) is 16.7 Å². The summed E-state index contributed by atoms with van der Waals surface area (Å²) in [7, 11) is 0. The van der Waals surface area contributed by atoms with Crippen molar-refractivity contribution in [2.24, 2.45) is 11.7 Å². The lowest BCUT2D eigenvalue weighted by Gasteiger charge is -2.13. The van der Waals surface area contributed by atoms with Crippen molar-refractivity contribution in [3.8, 4) is 0 Å². The molecule has 1 aromatic carbocycles. The maximum absolute atomic E-state index is 5.92. The first kappa shape index (κ1) is 15.3. The third kappa shape index (κ3) is 4.18. The highest BCUT2D eigenvalue weighted by Gasteiger charge is 2.11. The third-order valence-electron chi connectivity index (χ3n) is 3.46. The molecule has 4 heteroatoms. The van der Waals surface area contributed by atoms with E-state index in [1.54, 1.807) is 0 Å². The van der Waals surface area contributed by atoms with Gasteiger partial charge in [-0.2, -0.15) is 5.10 Å². The van der Waals surface area contributed by atoms with Crippen LogP contribution < -0.4 is 5.73 Å². The fourth-order valence-electron chi connectivity index (χ4n) is 2.26. The van der Waals surface area contributed by atoms with Gasteiger partial charge in [-0.25, -0.2) is 0 Å². The molecule has 108 valence electrons. The van der Waals surface area contributed by atoms with Crippen LogP contribution in [0.5, 0.6) is 0 Å². The first-order valence-corrected chi connectivity index (χ1v) is 7.86. The Labute approximate surface area is 129 Å². The van der Waals surface area contributed by atoms with Crippen molar-refractivity contribution < 1.29 is 0 Å². The SMILES string of the molecule is CC(C)n1ccc(CC(CN)Cc2ccc(Br)cc2)n1. The summed E-state index contributed by atoms with van der Waals surface area (Å²) in [5.74, 6) is 0.437. The zero-order valence-electron chi connectivity index (χ0n) is 12.1. The Bertz CT molecular complexity index is 531. The predicted octanol–water partition coefficient (Wildman–Crippen LogP) is 3.59. The highest BCUT2D eigenvalue weighted by atomic mass is 79.9. The number of nitrogens with zero attached hydrogens (tertiary/aromatic N) is 2. The lowest BCUT2D eigenvalue weighted by Crippen LogP contribution is -2.19. The number of benzene rings is 1. The van der Waals surface area contributed by atoms with Crippen LogP contribution in [-0.4, -0.2) is 16.3 Å². The molecule has 20 heavy (non-hydrogen) atoms. The average molecular weight is 336 g/mol. The second kappa shape index (κ2) is 7.04. The monoisotopic (exact) mass is 335 g/mol. The van der Waals surface area contributed by atoms with E-state index < -0.39 is 0 Å². The zero-order valence-corrected chi connectivity index (χ0v) is 13.7. The second-order valence-electron chi connectivity index (χ2n) is 5.52. The standard InChI is InChI=1S/C16H22BrN3/c1-12(2)20-8-7-16(19-20)10-14(11-18)9-13-3-5-15(17)6-4-13/h3-8,12,14H,9-11,18H2,1-2H3. The topological polar surface area (TPSA) is 43.8 Å². The maximum Gasteiger partial charge on any atom is 0.0628 e. The summed E-state index contributed by atoms with van der Waals surface area (Å²) in [5.41, 5.74) is 8.38. The van der Waals surface area contributed by atoms with Crippen molar-refractivity contribution in [3.05, 3.63) is 52.3 Å². The smallest absolute Gasteiger partial charge is 0.0628 e. The van der Waals surface area contributed by atoms with E-state index >= 15 is 0 Å². The van der Waals surface area contributed by atoms with Gasteiger partial charge in [-0.3, -0.25) is 4.68 Å². The van der Waals surface area contributed by atoms with Crippen LogP contribution in [0.1, 0.15) is 31.1 Å². The Kier molecular flexibility index (Phi) is 5.38. The van der Waals surface area contributed by atoms with Crippen LogP contribution in [0.15, 0.2) is 41.0 Å². The molecule has 0 saturated heterocycles. The summed E-state index contributed by atoms with van der Waals surface area (Å²) < 4.78 is 3.11. The molecule has 2 aromatic rings. The third-order valence-corrected chi connectivity index (χ3v) is 3.99. The maximum atomic E-state index is 5.92. The normalized spacial score (nSPS) is 12.8. The van der Waals surface area contributed by atoms with Gasteiger partial charge in [0.05, 0.1) is 5.69 Å². The van der Waals surface area contributed by atoms with Gasteiger partial charge < -0.3 is 5.73 Å².